The molecule has 1 unspecified atom stereocenters. The molecular formula is C22H28N6OS2. The lowest BCUT2D eigenvalue weighted by Crippen LogP contribution is -2.36. The van der Waals surface area contributed by atoms with E-state index in [9.17, 15) is 0 Å². The van der Waals surface area contributed by atoms with Crippen molar-refractivity contribution in [2.24, 2.45) is 0 Å². The Morgan fingerprint density at radius 2 is 1.81 bits per heavy atom. The van der Waals surface area contributed by atoms with E-state index >= 15 is 0 Å². The number of nitrogens with one attached hydrogen (secondary N) is 1. The lowest BCUT2D eigenvalue weighted by Gasteiger charge is -2.29. The fourth-order valence-electron chi connectivity index (χ4n) is 4.50. The van der Waals surface area contributed by atoms with E-state index < -0.39 is 0 Å². The first kappa shape index (κ1) is 20.8. The molecule has 2 fully saturated rings. The molecule has 0 spiro atoms. The third-order valence-corrected chi connectivity index (χ3v) is 8.34. The summed E-state index contributed by atoms with van der Waals surface area (Å²) in [5.41, 5.74) is 2.57. The van der Waals surface area contributed by atoms with Gasteiger partial charge in [0.2, 0.25) is 5.13 Å². The Morgan fingerprint density at radius 3 is 2.58 bits per heavy atom. The van der Waals surface area contributed by atoms with Crippen LogP contribution >= 0.6 is 22.7 Å². The van der Waals surface area contributed by atoms with E-state index in [2.05, 4.69) is 54.9 Å². The summed E-state index contributed by atoms with van der Waals surface area (Å²) in [6.07, 6.45) is 5.53. The van der Waals surface area contributed by atoms with Gasteiger partial charge in [-0.3, -0.25) is 0 Å². The van der Waals surface area contributed by atoms with Crippen LogP contribution in [-0.4, -0.2) is 53.7 Å². The van der Waals surface area contributed by atoms with Crippen LogP contribution in [0.5, 0.6) is 0 Å². The van der Waals surface area contributed by atoms with Gasteiger partial charge in [-0.15, -0.1) is 31.7 Å². The maximum atomic E-state index is 5.48. The van der Waals surface area contributed by atoms with Crippen LogP contribution in [0.4, 0.5) is 10.8 Å². The summed E-state index contributed by atoms with van der Waals surface area (Å²) in [5, 5.41) is 25.2. The molecule has 1 aliphatic carbocycles. The van der Waals surface area contributed by atoms with Crippen LogP contribution < -0.4 is 10.2 Å². The largest absolute Gasteiger partial charge is 0.378 e. The molecule has 2 aliphatic rings. The summed E-state index contributed by atoms with van der Waals surface area (Å²) in [7, 11) is 1.90. The highest BCUT2D eigenvalue weighted by atomic mass is 32.1. The number of nitrogens with zero attached hydrogens (tertiary/aromatic N) is 5. The van der Waals surface area contributed by atoms with Crippen molar-refractivity contribution in [2.45, 2.75) is 43.9 Å². The van der Waals surface area contributed by atoms with Gasteiger partial charge in [-0.25, -0.2) is 0 Å². The number of aromatic nitrogens is 4. The van der Waals surface area contributed by atoms with Gasteiger partial charge < -0.3 is 15.0 Å². The minimum Gasteiger partial charge on any atom is -0.378 e. The lowest BCUT2D eigenvalue weighted by molar-refractivity contribution is 0.122. The lowest BCUT2D eigenvalue weighted by atomic mass is 9.82. The highest BCUT2D eigenvalue weighted by Crippen LogP contribution is 2.43. The van der Waals surface area contributed by atoms with E-state index in [-0.39, 0.29) is 0 Å². The fourth-order valence-corrected chi connectivity index (χ4v) is 6.37. The molecule has 1 saturated heterocycles. The van der Waals surface area contributed by atoms with Crippen LogP contribution in [0.1, 0.15) is 58.1 Å². The maximum Gasteiger partial charge on any atom is 0.205 e. The van der Waals surface area contributed by atoms with Crippen LogP contribution in [0, 0.1) is 0 Å². The molecule has 7 nitrogen and oxygen atoms in total. The second-order valence-corrected chi connectivity index (χ2v) is 10.3. The first-order valence-corrected chi connectivity index (χ1v) is 12.7. The monoisotopic (exact) mass is 456 g/mol. The first-order valence-electron chi connectivity index (χ1n) is 11.0. The first-order chi connectivity index (χ1) is 15.3. The molecule has 5 rings (SSSR count). The van der Waals surface area contributed by atoms with Gasteiger partial charge in [-0.2, -0.15) is 0 Å². The summed E-state index contributed by atoms with van der Waals surface area (Å²) in [6.45, 7) is 3.53. The van der Waals surface area contributed by atoms with Crippen LogP contribution in [-0.2, 0) is 11.2 Å². The summed E-state index contributed by atoms with van der Waals surface area (Å²) in [4.78, 5) is 2.40. The number of hydrogen-bond donors (Lipinski definition) is 1. The van der Waals surface area contributed by atoms with Crippen LogP contribution in [0.25, 0.3) is 0 Å². The zero-order valence-electron chi connectivity index (χ0n) is 17.8. The molecule has 0 amide bonds. The Morgan fingerprint density at radius 1 is 1.03 bits per heavy atom. The second kappa shape index (κ2) is 9.58. The molecule has 3 aromatic rings. The number of anilines is 2. The third kappa shape index (κ3) is 4.88. The number of hydrogen-bond acceptors (Lipinski definition) is 9. The quantitative estimate of drug-likeness (QED) is 0.593. The molecule has 2 atom stereocenters. The van der Waals surface area contributed by atoms with Gasteiger partial charge in [-0.05, 0) is 37.0 Å². The minimum atomic E-state index is 0.478. The highest BCUT2D eigenvalue weighted by molar-refractivity contribution is 7.15. The summed E-state index contributed by atoms with van der Waals surface area (Å²) < 4.78 is 5.48. The van der Waals surface area contributed by atoms with Crippen molar-refractivity contribution < 1.29 is 4.74 Å². The molecule has 1 aliphatic heterocycles. The standard InChI is InChI=1S/C22H28N6OS2/c1-23-22-27-26-21(31-22)17-6-3-5-16(14-17)20-25-24-19(30-20)13-15-4-2-7-18(12-15)28-8-10-29-11-9-28/h2,4,7,12,16-17H,3,5-6,8-11,13-14H2,1H3,(H,23,27)/t16?,17-/m0/s1. The van der Waals surface area contributed by atoms with Crippen molar-refractivity contribution in [1.29, 1.82) is 0 Å². The molecule has 1 aromatic carbocycles. The van der Waals surface area contributed by atoms with Gasteiger partial charge in [0.25, 0.3) is 0 Å². The smallest absolute Gasteiger partial charge is 0.205 e. The molecule has 1 N–H and O–H groups in total. The molecule has 164 valence electrons. The number of morpholine rings is 1. The zero-order chi connectivity index (χ0) is 21.0. The minimum absolute atomic E-state index is 0.478. The maximum absolute atomic E-state index is 5.48. The molecule has 1 saturated carbocycles. The summed E-state index contributed by atoms with van der Waals surface area (Å²) in [6, 6.07) is 8.82. The predicted molar refractivity (Wildman–Crippen MR) is 126 cm³/mol. The topological polar surface area (TPSA) is 76.1 Å². The SMILES string of the molecule is CNc1nnc([C@H]2CCCC(c3nnc(Cc4cccc(N5CCOCC5)c4)s3)C2)s1. The zero-order valence-corrected chi connectivity index (χ0v) is 19.4. The molecule has 3 heterocycles. The number of rotatable bonds is 6. The fraction of sp³-hybridized carbons (Fsp3) is 0.545. The second-order valence-electron chi connectivity index (χ2n) is 8.24. The predicted octanol–water partition coefficient (Wildman–Crippen LogP) is 4.30. The van der Waals surface area contributed by atoms with E-state index in [0.717, 1.165) is 54.3 Å². The average Bonchev–Trinajstić information content (AvgIpc) is 3.50. The van der Waals surface area contributed by atoms with Crippen LogP contribution in [0.2, 0.25) is 0 Å². The van der Waals surface area contributed by atoms with E-state index in [4.69, 9.17) is 4.74 Å². The van der Waals surface area contributed by atoms with Gasteiger partial charge in [0, 0.05) is 44.1 Å². The van der Waals surface area contributed by atoms with Crippen molar-refractivity contribution in [3.8, 4) is 0 Å². The van der Waals surface area contributed by atoms with E-state index in [0.29, 0.717) is 11.8 Å². The van der Waals surface area contributed by atoms with Crippen LogP contribution in [0.15, 0.2) is 24.3 Å². The molecular weight excluding hydrogens is 428 g/mol. The van der Waals surface area contributed by atoms with Gasteiger partial charge in [-0.1, -0.05) is 29.9 Å². The van der Waals surface area contributed by atoms with Crippen molar-refractivity contribution in [3.05, 3.63) is 44.9 Å². The molecule has 2 aromatic heterocycles. The van der Waals surface area contributed by atoms with Gasteiger partial charge in [0.15, 0.2) is 0 Å². The number of benzene rings is 1. The normalized spacial score (nSPS) is 21.9. The van der Waals surface area contributed by atoms with Crippen molar-refractivity contribution in [1.82, 2.24) is 20.4 Å². The Labute approximate surface area is 190 Å². The molecule has 0 bridgehead atoms. The summed E-state index contributed by atoms with van der Waals surface area (Å²) in [5.74, 6) is 0.961. The highest BCUT2D eigenvalue weighted by Gasteiger charge is 2.29. The Balaban J connectivity index is 1.24. The van der Waals surface area contributed by atoms with Gasteiger partial charge in [0.1, 0.15) is 15.0 Å². The summed E-state index contributed by atoms with van der Waals surface area (Å²) >= 11 is 3.46. The Bertz CT molecular complexity index is 999. The van der Waals surface area contributed by atoms with Crippen molar-refractivity contribution in [2.75, 3.05) is 43.6 Å². The molecule has 31 heavy (non-hydrogen) atoms. The van der Waals surface area contributed by atoms with E-state index in [1.807, 2.05) is 7.05 Å². The number of ether oxygens (including phenoxy) is 1. The molecule has 9 heteroatoms. The Hall–Kier alpha value is -2.10. The molecule has 0 radical (unpaired) electrons. The van der Waals surface area contributed by atoms with Crippen molar-refractivity contribution in [3.63, 3.8) is 0 Å². The van der Waals surface area contributed by atoms with E-state index in [1.165, 1.54) is 35.5 Å². The average molecular weight is 457 g/mol. The van der Waals surface area contributed by atoms with Crippen molar-refractivity contribution >= 4 is 33.5 Å². The van der Waals surface area contributed by atoms with Gasteiger partial charge >= 0.3 is 0 Å². The van der Waals surface area contributed by atoms with Gasteiger partial charge in [0.05, 0.1) is 13.2 Å². The Kier molecular flexibility index (Phi) is 6.42. The van der Waals surface area contributed by atoms with E-state index in [1.54, 1.807) is 22.7 Å². The van der Waals surface area contributed by atoms with Crippen LogP contribution in [0.3, 0.4) is 0 Å². The third-order valence-electron chi connectivity index (χ3n) is 6.15.